The first kappa shape index (κ1) is 18.3. The van der Waals surface area contributed by atoms with Crippen LogP contribution in [0.4, 0.5) is 0 Å². The van der Waals surface area contributed by atoms with E-state index in [1.165, 1.54) is 11.3 Å². The fraction of sp³-hybridized carbons (Fsp3) is 0.100. The molecular weight excluding hydrogens is 398 g/mol. The highest BCUT2D eigenvalue weighted by Gasteiger charge is 2.13. The van der Waals surface area contributed by atoms with Crippen LogP contribution in [0.3, 0.4) is 0 Å². The molecule has 28 heavy (non-hydrogen) atoms. The van der Waals surface area contributed by atoms with Crippen LogP contribution >= 0.6 is 22.9 Å². The molecule has 2 heterocycles. The first-order chi connectivity index (χ1) is 13.7. The van der Waals surface area contributed by atoms with E-state index in [9.17, 15) is 4.79 Å². The summed E-state index contributed by atoms with van der Waals surface area (Å²) in [7, 11) is 0. The Bertz CT molecular complexity index is 1080. The summed E-state index contributed by atoms with van der Waals surface area (Å²) in [4.78, 5) is 20.8. The van der Waals surface area contributed by atoms with Gasteiger partial charge in [-0.05, 0) is 12.1 Å². The van der Waals surface area contributed by atoms with Crippen LogP contribution < -0.4 is 0 Å². The maximum Gasteiger partial charge on any atom is 0.312 e. The number of halogens is 1. The average Bonchev–Trinajstić information content (AvgIpc) is 3.37. The van der Waals surface area contributed by atoms with Crippen molar-refractivity contribution in [3.63, 3.8) is 0 Å². The molecule has 0 fully saturated rings. The Morgan fingerprint density at radius 1 is 1.04 bits per heavy atom. The molecule has 8 heteroatoms. The molecular formula is C20H14ClN3O3S. The highest BCUT2D eigenvalue weighted by atomic mass is 35.5. The van der Waals surface area contributed by atoms with Crippen molar-refractivity contribution >= 4 is 28.9 Å². The van der Waals surface area contributed by atoms with E-state index in [1.807, 2.05) is 47.8 Å². The molecule has 0 aliphatic heterocycles. The summed E-state index contributed by atoms with van der Waals surface area (Å²) in [5.41, 5.74) is 2.44. The van der Waals surface area contributed by atoms with Crippen LogP contribution in [-0.2, 0) is 22.6 Å². The van der Waals surface area contributed by atoms with E-state index in [0.717, 1.165) is 16.1 Å². The van der Waals surface area contributed by atoms with Crippen LogP contribution in [0.5, 0.6) is 0 Å². The minimum Gasteiger partial charge on any atom is -0.455 e. The Labute approximate surface area is 169 Å². The molecule has 0 amide bonds. The zero-order chi connectivity index (χ0) is 19.3. The van der Waals surface area contributed by atoms with Gasteiger partial charge in [-0.15, -0.1) is 11.3 Å². The van der Waals surface area contributed by atoms with Crippen LogP contribution in [0.1, 0.15) is 11.6 Å². The first-order valence-corrected chi connectivity index (χ1v) is 9.67. The van der Waals surface area contributed by atoms with Crippen molar-refractivity contribution in [1.82, 2.24) is 15.1 Å². The van der Waals surface area contributed by atoms with E-state index >= 15 is 0 Å². The normalized spacial score (nSPS) is 10.8. The highest BCUT2D eigenvalue weighted by Crippen LogP contribution is 2.25. The van der Waals surface area contributed by atoms with E-state index < -0.39 is 5.97 Å². The highest BCUT2D eigenvalue weighted by molar-refractivity contribution is 7.13. The molecule has 0 N–H and O–H groups in total. The topological polar surface area (TPSA) is 78.1 Å². The molecule has 0 bridgehead atoms. The third-order valence-electron chi connectivity index (χ3n) is 3.83. The minimum atomic E-state index is -0.410. The number of nitrogens with zero attached hydrogens (tertiary/aromatic N) is 3. The number of ether oxygens (including phenoxy) is 1. The van der Waals surface area contributed by atoms with E-state index in [2.05, 4.69) is 15.1 Å². The Morgan fingerprint density at radius 3 is 2.61 bits per heavy atom. The molecule has 0 aliphatic rings. The van der Waals surface area contributed by atoms with Crippen LogP contribution in [0.15, 0.2) is 64.5 Å². The predicted octanol–water partition coefficient (Wildman–Crippen LogP) is 4.80. The van der Waals surface area contributed by atoms with Gasteiger partial charge in [0.25, 0.3) is 5.89 Å². The van der Waals surface area contributed by atoms with E-state index in [-0.39, 0.29) is 18.9 Å². The largest absolute Gasteiger partial charge is 0.455 e. The van der Waals surface area contributed by atoms with Crippen molar-refractivity contribution in [2.24, 2.45) is 0 Å². The second-order valence-corrected chi connectivity index (χ2v) is 7.16. The van der Waals surface area contributed by atoms with Gasteiger partial charge in [-0.3, -0.25) is 4.79 Å². The molecule has 0 radical (unpaired) electrons. The Hall–Kier alpha value is -3.03. The third kappa shape index (κ3) is 4.44. The Balaban J connectivity index is 1.33. The lowest BCUT2D eigenvalue weighted by atomic mass is 10.2. The van der Waals surface area contributed by atoms with Gasteiger partial charge in [0.15, 0.2) is 6.61 Å². The van der Waals surface area contributed by atoms with Crippen molar-refractivity contribution in [1.29, 1.82) is 0 Å². The lowest BCUT2D eigenvalue weighted by Crippen LogP contribution is -2.08. The van der Waals surface area contributed by atoms with E-state index in [4.69, 9.17) is 20.9 Å². The van der Waals surface area contributed by atoms with Crippen molar-refractivity contribution < 1.29 is 14.1 Å². The standard InChI is InChI=1S/C20H14ClN3O3S/c21-15-8-6-14(7-9-15)20-22-16(12-28-20)10-18(25)26-11-17-23-19(24-27-17)13-4-2-1-3-5-13/h1-9,12H,10-11H2. The summed E-state index contributed by atoms with van der Waals surface area (Å²) in [5.74, 6) is 0.290. The number of aromatic nitrogens is 3. The average molecular weight is 412 g/mol. The molecule has 0 saturated carbocycles. The molecule has 0 aliphatic carbocycles. The zero-order valence-corrected chi connectivity index (χ0v) is 16.1. The number of carbonyl (C=O) groups excluding carboxylic acids is 1. The maximum atomic E-state index is 12.1. The summed E-state index contributed by atoms with van der Waals surface area (Å²) in [6.45, 7) is -0.0765. The van der Waals surface area contributed by atoms with Gasteiger partial charge in [-0.2, -0.15) is 4.98 Å². The Kier molecular flexibility index (Phi) is 5.45. The molecule has 0 unspecified atom stereocenters. The van der Waals surface area contributed by atoms with Crippen molar-refractivity contribution in [2.75, 3.05) is 0 Å². The summed E-state index contributed by atoms with van der Waals surface area (Å²) >= 11 is 7.36. The number of carbonyl (C=O) groups is 1. The number of hydrogen-bond donors (Lipinski definition) is 0. The third-order valence-corrected chi connectivity index (χ3v) is 5.02. The second-order valence-electron chi connectivity index (χ2n) is 5.87. The number of hydrogen-bond acceptors (Lipinski definition) is 7. The zero-order valence-electron chi connectivity index (χ0n) is 14.5. The molecule has 2 aromatic carbocycles. The van der Waals surface area contributed by atoms with Gasteiger partial charge < -0.3 is 9.26 Å². The molecule has 0 saturated heterocycles. The van der Waals surface area contributed by atoms with Crippen LogP contribution in [0.25, 0.3) is 22.0 Å². The first-order valence-electron chi connectivity index (χ1n) is 8.41. The molecule has 2 aromatic heterocycles. The number of rotatable bonds is 6. The number of thiazole rings is 1. The molecule has 4 rings (SSSR count). The molecule has 6 nitrogen and oxygen atoms in total. The fourth-order valence-electron chi connectivity index (χ4n) is 2.47. The predicted molar refractivity (Wildman–Crippen MR) is 106 cm³/mol. The lowest BCUT2D eigenvalue weighted by molar-refractivity contribution is -0.144. The second kappa shape index (κ2) is 8.33. The lowest BCUT2D eigenvalue weighted by Gasteiger charge is -2.00. The van der Waals surface area contributed by atoms with E-state index in [1.54, 1.807) is 12.1 Å². The minimum absolute atomic E-state index is 0.0732. The molecule has 0 atom stereocenters. The summed E-state index contributed by atoms with van der Waals surface area (Å²) in [5, 5.41) is 7.22. The van der Waals surface area contributed by atoms with Gasteiger partial charge >= 0.3 is 5.97 Å². The molecule has 0 spiro atoms. The maximum absolute atomic E-state index is 12.1. The van der Waals surface area contributed by atoms with Crippen LogP contribution in [0.2, 0.25) is 5.02 Å². The Morgan fingerprint density at radius 2 is 1.82 bits per heavy atom. The van der Waals surface area contributed by atoms with Gasteiger partial charge in [0.1, 0.15) is 5.01 Å². The smallest absolute Gasteiger partial charge is 0.312 e. The van der Waals surface area contributed by atoms with Crippen molar-refractivity contribution in [3.8, 4) is 22.0 Å². The molecule has 4 aromatic rings. The van der Waals surface area contributed by atoms with Crippen LogP contribution in [0, 0.1) is 0 Å². The number of benzene rings is 2. The van der Waals surface area contributed by atoms with Crippen LogP contribution in [-0.4, -0.2) is 21.1 Å². The van der Waals surface area contributed by atoms with Gasteiger partial charge in [0.2, 0.25) is 5.82 Å². The quantitative estimate of drug-likeness (QED) is 0.424. The van der Waals surface area contributed by atoms with Gasteiger partial charge in [-0.25, -0.2) is 4.98 Å². The van der Waals surface area contributed by atoms with Gasteiger partial charge in [0, 0.05) is 21.5 Å². The number of esters is 1. The summed E-state index contributed by atoms with van der Waals surface area (Å²) in [6.07, 6.45) is 0.0732. The van der Waals surface area contributed by atoms with E-state index in [0.29, 0.717) is 16.5 Å². The van der Waals surface area contributed by atoms with Crippen molar-refractivity contribution in [3.05, 3.63) is 76.6 Å². The summed E-state index contributed by atoms with van der Waals surface area (Å²) < 4.78 is 10.4. The van der Waals surface area contributed by atoms with Gasteiger partial charge in [-0.1, -0.05) is 59.2 Å². The monoisotopic (exact) mass is 411 g/mol. The van der Waals surface area contributed by atoms with Gasteiger partial charge in [0.05, 0.1) is 12.1 Å². The SMILES string of the molecule is O=C(Cc1csc(-c2ccc(Cl)cc2)n1)OCc1nc(-c2ccccc2)no1. The molecule has 140 valence electrons. The fourth-order valence-corrected chi connectivity index (χ4v) is 3.42. The summed E-state index contributed by atoms with van der Waals surface area (Å²) in [6, 6.07) is 16.8. The van der Waals surface area contributed by atoms with Crippen molar-refractivity contribution in [2.45, 2.75) is 13.0 Å².